The molecule has 1 saturated heterocycles. The van der Waals surface area contributed by atoms with Crippen molar-refractivity contribution in [2.75, 3.05) is 0 Å². The van der Waals surface area contributed by atoms with Gasteiger partial charge in [0.1, 0.15) is 5.82 Å². The van der Waals surface area contributed by atoms with E-state index < -0.39 is 0 Å². The van der Waals surface area contributed by atoms with Crippen LogP contribution in [0.1, 0.15) is 31.9 Å². The second-order valence-corrected chi connectivity index (χ2v) is 6.03. The van der Waals surface area contributed by atoms with E-state index in [0.717, 1.165) is 17.5 Å². The lowest BCUT2D eigenvalue weighted by Crippen LogP contribution is -2.46. The van der Waals surface area contributed by atoms with Crippen LogP contribution in [-0.4, -0.2) is 18.2 Å². The lowest BCUT2D eigenvalue weighted by Gasteiger charge is -2.29. The number of hydrazine groups is 1. The summed E-state index contributed by atoms with van der Waals surface area (Å²) in [6, 6.07) is 5.07. The first kappa shape index (κ1) is 15.4. The van der Waals surface area contributed by atoms with Gasteiger partial charge in [0.15, 0.2) is 0 Å². The Morgan fingerprint density at radius 2 is 2.00 bits per heavy atom. The van der Waals surface area contributed by atoms with Crippen LogP contribution in [0.5, 0.6) is 0 Å². The van der Waals surface area contributed by atoms with Crippen LogP contribution < -0.4 is 11.3 Å². The summed E-state index contributed by atoms with van der Waals surface area (Å²) in [5.74, 6) is 6.39. The molecule has 0 amide bonds. The summed E-state index contributed by atoms with van der Waals surface area (Å²) in [5.41, 5.74) is 5.04. The van der Waals surface area contributed by atoms with Gasteiger partial charge in [-0.15, -0.1) is 0 Å². The predicted octanol–water partition coefficient (Wildman–Crippen LogP) is 2.57. The maximum Gasteiger partial charge on any atom is 0.123 e. The van der Waals surface area contributed by atoms with E-state index in [-0.39, 0.29) is 24.1 Å². The lowest BCUT2D eigenvalue weighted by molar-refractivity contribution is 0.0475. The second kappa shape index (κ2) is 6.20. The predicted molar refractivity (Wildman–Crippen MR) is 78.6 cm³/mol. The molecule has 112 valence electrons. The normalized spacial score (nSPS) is 31.5. The standard InChI is InChI=1S/C16H25FN2O/c1-9-7-14(17)6-5-13(9)8-15(19-18)16-10(2)11(3)20-12(16)4/h5-7,10-12,15-16,19H,8,18H2,1-4H3. The third kappa shape index (κ3) is 3.03. The number of ether oxygens (including phenoxy) is 1. The molecule has 1 aliphatic rings. The Hall–Kier alpha value is -0.970. The molecule has 5 atom stereocenters. The van der Waals surface area contributed by atoms with Gasteiger partial charge in [-0.2, -0.15) is 0 Å². The fraction of sp³-hybridized carbons (Fsp3) is 0.625. The van der Waals surface area contributed by atoms with E-state index in [1.165, 1.54) is 6.07 Å². The van der Waals surface area contributed by atoms with Gasteiger partial charge in [-0.05, 0) is 56.4 Å². The molecule has 3 nitrogen and oxygen atoms in total. The number of halogens is 1. The van der Waals surface area contributed by atoms with Gasteiger partial charge in [0.2, 0.25) is 0 Å². The minimum atomic E-state index is -0.192. The molecule has 3 N–H and O–H groups in total. The summed E-state index contributed by atoms with van der Waals surface area (Å²) in [4.78, 5) is 0. The zero-order valence-electron chi connectivity index (χ0n) is 12.7. The first-order valence-electron chi connectivity index (χ1n) is 7.30. The lowest BCUT2D eigenvalue weighted by atomic mass is 9.81. The van der Waals surface area contributed by atoms with Crippen molar-refractivity contribution in [2.24, 2.45) is 17.7 Å². The van der Waals surface area contributed by atoms with Crippen molar-refractivity contribution in [1.82, 2.24) is 5.43 Å². The van der Waals surface area contributed by atoms with Gasteiger partial charge < -0.3 is 4.74 Å². The van der Waals surface area contributed by atoms with Crippen LogP contribution in [0, 0.1) is 24.6 Å². The Morgan fingerprint density at radius 3 is 2.50 bits per heavy atom. The second-order valence-electron chi connectivity index (χ2n) is 6.03. The van der Waals surface area contributed by atoms with Crippen molar-refractivity contribution in [2.45, 2.75) is 52.4 Å². The highest BCUT2D eigenvalue weighted by Crippen LogP contribution is 2.35. The molecule has 5 unspecified atom stereocenters. The van der Waals surface area contributed by atoms with Crippen molar-refractivity contribution in [3.63, 3.8) is 0 Å². The number of hydrogen-bond donors (Lipinski definition) is 2. The number of hydrogen-bond acceptors (Lipinski definition) is 3. The molecule has 1 aliphatic heterocycles. The van der Waals surface area contributed by atoms with E-state index >= 15 is 0 Å². The molecule has 4 heteroatoms. The van der Waals surface area contributed by atoms with E-state index in [2.05, 4.69) is 26.2 Å². The fourth-order valence-electron chi connectivity index (χ4n) is 3.42. The molecule has 0 aliphatic carbocycles. The van der Waals surface area contributed by atoms with Crippen LogP contribution in [-0.2, 0) is 11.2 Å². The smallest absolute Gasteiger partial charge is 0.123 e. The van der Waals surface area contributed by atoms with E-state index in [9.17, 15) is 4.39 Å². The van der Waals surface area contributed by atoms with Crippen molar-refractivity contribution >= 4 is 0 Å². The third-order valence-corrected chi connectivity index (χ3v) is 4.74. The molecule has 20 heavy (non-hydrogen) atoms. The number of nitrogens with one attached hydrogen (secondary N) is 1. The SMILES string of the molecule is Cc1cc(F)ccc1CC(NN)C1C(C)OC(C)C1C. The third-order valence-electron chi connectivity index (χ3n) is 4.74. The largest absolute Gasteiger partial charge is 0.375 e. The zero-order valence-corrected chi connectivity index (χ0v) is 12.7. The van der Waals surface area contributed by atoms with Gasteiger partial charge >= 0.3 is 0 Å². The maximum absolute atomic E-state index is 13.2. The van der Waals surface area contributed by atoms with Crippen molar-refractivity contribution in [3.05, 3.63) is 35.1 Å². The molecule has 1 heterocycles. The molecule has 1 aromatic carbocycles. The monoisotopic (exact) mass is 280 g/mol. The van der Waals surface area contributed by atoms with Gasteiger partial charge in [0, 0.05) is 12.0 Å². The maximum atomic E-state index is 13.2. The zero-order chi connectivity index (χ0) is 14.9. The highest BCUT2D eigenvalue weighted by atomic mass is 19.1. The van der Waals surface area contributed by atoms with Crippen LogP contribution >= 0.6 is 0 Å². The Balaban J connectivity index is 2.16. The van der Waals surface area contributed by atoms with Gasteiger partial charge in [0.05, 0.1) is 12.2 Å². The topological polar surface area (TPSA) is 47.3 Å². The minimum absolute atomic E-state index is 0.133. The van der Waals surface area contributed by atoms with Crippen LogP contribution in [0.15, 0.2) is 18.2 Å². The minimum Gasteiger partial charge on any atom is -0.375 e. The Labute approximate surface area is 120 Å². The molecule has 1 fully saturated rings. The molecule has 0 radical (unpaired) electrons. The first-order valence-corrected chi connectivity index (χ1v) is 7.30. The van der Waals surface area contributed by atoms with Gasteiger partial charge in [-0.3, -0.25) is 11.3 Å². The average molecular weight is 280 g/mol. The Bertz CT molecular complexity index is 466. The van der Waals surface area contributed by atoms with Gasteiger partial charge in [0.25, 0.3) is 0 Å². The summed E-state index contributed by atoms with van der Waals surface area (Å²) < 4.78 is 19.1. The summed E-state index contributed by atoms with van der Waals surface area (Å²) in [5, 5.41) is 0. The van der Waals surface area contributed by atoms with Crippen LogP contribution in [0.2, 0.25) is 0 Å². The van der Waals surface area contributed by atoms with E-state index in [0.29, 0.717) is 11.8 Å². The molecule has 0 bridgehead atoms. The van der Waals surface area contributed by atoms with Crippen LogP contribution in [0.25, 0.3) is 0 Å². The molecule has 2 rings (SSSR count). The summed E-state index contributed by atoms with van der Waals surface area (Å²) in [7, 11) is 0. The fourth-order valence-corrected chi connectivity index (χ4v) is 3.42. The number of benzene rings is 1. The van der Waals surface area contributed by atoms with Crippen molar-refractivity contribution in [1.29, 1.82) is 0 Å². The number of nitrogens with two attached hydrogens (primary N) is 1. The Kier molecular flexibility index (Phi) is 4.78. The number of aryl methyl sites for hydroxylation is 1. The average Bonchev–Trinajstić information content (AvgIpc) is 2.63. The summed E-state index contributed by atoms with van der Waals surface area (Å²) in [6.45, 7) is 8.36. The molecule has 0 aromatic heterocycles. The van der Waals surface area contributed by atoms with E-state index in [1.54, 1.807) is 6.07 Å². The highest BCUT2D eigenvalue weighted by Gasteiger charge is 2.41. The molecular weight excluding hydrogens is 255 g/mol. The van der Waals surface area contributed by atoms with Crippen molar-refractivity contribution < 1.29 is 9.13 Å². The van der Waals surface area contributed by atoms with Crippen LogP contribution in [0.4, 0.5) is 4.39 Å². The summed E-state index contributed by atoms with van der Waals surface area (Å²) in [6.07, 6.45) is 1.22. The highest BCUT2D eigenvalue weighted by molar-refractivity contribution is 5.27. The first-order chi connectivity index (χ1) is 9.43. The molecular formula is C16H25FN2O. The van der Waals surface area contributed by atoms with Crippen LogP contribution in [0.3, 0.4) is 0 Å². The van der Waals surface area contributed by atoms with E-state index in [1.807, 2.05) is 13.0 Å². The molecule has 0 spiro atoms. The Morgan fingerprint density at radius 1 is 1.30 bits per heavy atom. The quantitative estimate of drug-likeness (QED) is 0.658. The van der Waals surface area contributed by atoms with Gasteiger partial charge in [-0.1, -0.05) is 13.0 Å². The summed E-state index contributed by atoms with van der Waals surface area (Å²) >= 11 is 0. The van der Waals surface area contributed by atoms with E-state index in [4.69, 9.17) is 10.6 Å². The van der Waals surface area contributed by atoms with Crippen molar-refractivity contribution in [3.8, 4) is 0 Å². The number of rotatable bonds is 4. The molecule has 0 saturated carbocycles. The molecule has 1 aromatic rings. The van der Waals surface area contributed by atoms with Gasteiger partial charge in [-0.25, -0.2) is 4.39 Å².